The minimum atomic E-state index is -0.552. The second kappa shape index (κ2) is 6.57. The SMILES string of the molecule is CCCc1ccc(NC(=O)C(C)(C)c2ccccc2)cc1. The molecule has 0 unspecified atom stereocenters. The molecule has 1 amide bonds. The average Bonchev–Trinajstić information content (AvgIpc) is 2.50. The van der Waals surface area contributed by atoms with Gasteiger partial charge in [0.15, 0.2) is 0 Å². The van der Waals surface area contributed by atoms with Crippen LogP contribution in [0.25, 0.3) is 0 Å². The Hall–Kier alpha value is -2.09. The van der Waals surface area contributed by atoms with Crippen molar-refractivity contribution in [3.05, 3.63) is 65.7 Å². The van der Waals surface area contributed by atoms with Crippen molar-refractivity contribution in [2.75, 3.05) is 5.32 Å². The summed E-state index contributed by atoms with van der Waals surface area (Å²) in [6, 6.07) is 18.0. The van der Waals surface area contributed by atoms with E-state index in [-0.39, 0.29) is 5.91 Å². The molecule has 1 N–H and O–H groups in total. The Morgan fingerprint density at radius 3 is 2.19 bits per heavy atom. The van der Waals surface area contributed by atoms with E-state index in [1.807, 2.05) is 56.3 Å². The van der Waals surface area contributed by atoms with Crippen LogP contribution < -0.4 is 5.32 Å². The zero-order valence-corrected chi connectivity index (χ0v) is 13.0. The van der Waals surface area contributed by atoms with E-state index in [0.717, 1.165) is 24.1 Å². The number of carbonyl (C=O) groups excluding carboxylic acids is 1. The van der Waals surface area contributed by atoms with Gasteiger partial charge in [-0.1, -0.05) is 55.8 Å². The van der Waals surface area contributed by atoms with Crippen molar-refractivity contribution in [1.82, 2.24) is 0 Å². The molecular formula is C19H23NO. The molecule has 0 saturated carbocycles. The maximum absolute atomic E-state index is 12.5. The summed E-state index contributed by atoms with van der Waals surface area (Å²) in [5.41, 5.74) is 2.62. The maximum Gasteiger partial charge on any atom is 0.234 e. The second-order valence-corrected chi connectivity index (χ2v) is 5.89. The van der Waals surface area contributed by atoms with Crippen molar-refractivity contribution in [2.24, 2.45) is 0 Å². The summed E-state index contributed by atoms with van der Waals surface area (Å²) < 4.78 is 0. The number of carbonyl (C=O) groups is 1. The van der Waals surface area contributed by atoms with Crippen LogP contribution in [0.5, 0.6) is 0 Å². The Bertz CT molecular complexity index is 585. The lowest BCUT2D eigenvalue weighted by Crippen LogP contribution is -2.34. The highest BCUT2D eigenvalue weighted by Crippen LogP contribution is 2.25. The largest absolute Gasteiger partial charge is 0.325 e. The first-order valence-electron chi connectivity index (χ1n) is 7.50. The van der Waals surface area contributed by atoms with Gasteiger partial charge in [0.2, 0.25) is 5.91 Å². The molecule has 110 valence electrons. The number of amides is 1. The molecule has 0 saturated heterocycles. The van der Waals surface area contributed by atoms with Crippen molar-refractivity contribution in [2.45, 2.75) is 39.0 Å². The average molecular weight is 281 g/mol. The Morgan fingerprint density at radius 2 is 1.62 bits per heavy atom. The molecule has 2 aromatic rings. The zero-order valence-electron chi connectivity index (χ0n) is 13.0. The summed E-state index contributed by atoms with van der Waals surface area (Å²) in [6.07, 6.45) is 2.20. The van der Waals surface area contributed by atoms with Gasteiger partial charge in [0.05, 0.1) is 5.41 Å². The van der Waals surface area contributed by atoms with Crippen LogP contribution in [0.3, 0.4) is 0 Å². The first-order valence-corrected chi connectivity index (χ1v) is 7.50. The summed E-state index contributed by atoms with van der Waals surface area (Å²) in [4.78, 5) is 12.5. The standard InChI is InChI=1S/C19H23NO/c1-4-8-15-11-13-17(14-12-15)20-18(21)19(2,3)16-9-6-5-7-10-16/h5-7,9-14H,4,8H2,1-3H3,(H,20,21). The van der Waals surface area contributed by atoms with Crippen LogP contribution in [0, 0.1) is 0 Å². The van der Waals surface area contributed by atoms with E-state index in [1.54, 1.807) is 0 Å². The Kier molecular flexibility index (Phi) is 4.79. The van der Waals surface area contributed by atoms with Gasteiger partial charge in [0, 0.05) is 5.69 Å². The van der Waals surface area contributed by atoms with Crippen LogP contribution in [0.2, 0.25) is 0 Å². The molecule has 2 nitrogen and oxygen atoms in total. The summed E-state index contributed by atoms with van der Waals surface area (Å²) in [5, 5.41) is 3.01. The van der Waals surface area contributed by atoms with Gasteiger partial charge >= 0.3 is 0 Å². The maximum atomic E-state index is 12.5. The number of hydrogen-bond donors (Lipinski definition) is 1. The molecule has 0 aliphatic carbocycles. The molecule has 0 fully saturated rings. The fraction of sp³-hybridized carbons (Fsp3) is 0.316. The number of hydrogen-bond acceptors (Lipinski definition) is 1. The summed E-state index contributed by atoms with van der Waals surface area (Å²) in [7, 11) is 0. The number of aryl methyl sites for hydroxylation is 1. The van der Waals surface area contributed by atoms with Crippen molar-refractivity contribution in [3.8, 4) is 0 Å². The molecule has 0 heterocycles. The molecule has 0 aliphatic heterocycles. The van der Waals surface area contributed by atoms with Gasteiger partial charge in [-0.3, -0.25) is 4.79 Å². The van der Waals surface area contributed by atoms with E-state index in [1.165, 1.54) is 5.56 Å². The molecule has 0 aliphatic rings. The molecule has 21 heavy (non-hydrogen) atoms. The van der Waals surface area contributed by atoms with Crippen molar-refractivity contribution in [1.29, 1.82) is 0 Å². The smallest absolute Gasteiger partial charge is 0.234 e. The van der Waals surface area contributed by atoms with Gasteiger partial charge in [0.25, 0.3) is 0 Å². The van der Waals surface area contributed by atoms with Gasteiger partial charge in [-0.25, -0.2) is 0 Å². The van der Waals surface area contributed by atoms with Crippen LogP contribution in [-0.4, -0.2) is 5.91 Å². The van der Waals surface area contributed by atoms with E-state index in [4.69, 9.17) is 0 Å². The van der Waals surface area contributed by atoms with E-state index in [2.05, 4.69) is 24.4 Å². The molecule has 2 heteroatoms. The van der Waals surface area contributed by atoms with E-state index in [0.29, 0.717) is 0 Å². The fourth-order valence-electron chi connectivity index (χ4n) is 2.32. The third-order valence-corrected chi connectivity index (χ3v) is 3.81. The van der Waals surface area contributed by atoms with Gasteiger partial charge in [-0.05, 0) is 43.5 Å². The van der Waals surface area contributed by atoms with Gasteiger partial charge in [0.1, 0.15) is 0 Å². The topological polar surface area (TPSA) is 29.1 Å². The highest BCUT2D eigenvalue weighted by molar-refractivity contribution is 5.98. The van der Waals surface area contributed by atoms with Crippen molar-refractivity contribution < 1.29 is 4.79 Å². The van der Waals surface area contributed by atoms with Crippen LogP contribution in [0.15, 0.2) is 54.6 Å². The first kappa shape index (κ1) is 15.3. The highest BCUT2D eigenvalue weighted by atomic mass is 16.2. The third-order valence-electron chi connectivity index (χ3n) is 3.81. The van der Waals surface area contributed by atoms with Crippen molar-refractivity contribution >= 4 is 11.6 Å². The lowest BCUT2D eigenvalue weighted by molar-refractivity contribution is -0.120. The number of nitrogens with one attached hydrogen (secondary N) is 1. The predicted octanol–water partition coefficient (Wildman–Crippen LogP) is 4.56. The molecule has 0 radical (unpaired) electrons. The molecular weight excluding hydrogens is 258 g/mol. The van der Waals surface area contributed by atoms with Crippen LogP contribution in [0.4, 0.5) is 5.69 Å². The number of rotatable bonds is 5. The van der Waals surface area contributed by atoms with E-state index >= 15 is 0 Å². The molecule has 0 spiro atoms. The van der Waals surface area contributed by atoms with Gasteiger partial charge in [-0.2, -0.15) is 0 Å². The van der Waals surface area contributed by atoms with E-state index in [9.17, 15) is 4.79 Å². The Labute approximate surface area is 127 Å². The zero-order chi connectivity index (χ0) is 15.3. The summed E-state index contributed by atoms with van der Waals surface area (Å²) in [6.45, 7) is 6.06. The Morgan fingerprint density at radius 1 is 1.00 bits per heavy atom. The normalized spacial score (nSPS) is 11.2. The predicted molar refractivity (Wildman–Crippen MR) is 88.5 cm³/mol. The Balaban J connectivity index is 2.10. The minimum absolute atomic E-state index is 0.0111. The second-order valence-electron chi connectivity index (χ2n) is 5.89. The van der Waals surface area contributed by atoms with Crippen LogP contribution in [0.1, 0.15) is 38.3 Å². The fourth-order valence-corrected chi connectivity index (χ4v) is 2.32. The van der Waals surface area contributed by atoms with Crippen LogP contribution in [-0.2, 0) is 16.6 Å². The molecule has 0 aromatic heterocycles. The highest BCUT2D eigenvalue weighted by Gasteiger charge is 2.29. The van der Waals surface area contributed by atoms with E-state index < -0.39 is 5.41 Å². The summed E-state index contributed by atoms with van der Waals surface area (Å²) >= 11 is 0. The molecule has 0 atom stereocenters. The molecule has 2 aromatic carbocycles. The van der Waals surface area contributed by atoms with Crippen molar-refractivity contribution in [3.63, 3.8) is 0 Å². The quantitative estimate of drug-likeness (QED) is 0.855. The number of anilines is 1. The number of benzene rings is 2. The summed E-state index contributed by atoms with van der Waals surface area (Å²) in [5.74, 6) is 0.0111. The molecule has 2 rings (SSSR count). The molecule has 0 bridgehead atoms. The van der Waals surface area contributed by atoms with Gasteiger partial charge < -0.3 is 5.32 Å². The lowest BCUT2D eigenvalue weighted by atomic mass is 9.83. The van der Waals surface area contributed by atoms with Gasteiger partial charge in [-0.15, -0.1) is 0 Å². The lowest BCUT2D eigenvalue weighted by Gasteiger charge is -2.24. The first-order chi connectivity index (χ1) is 10.0. The monoisotopic (exact) mass is 281 g/mol. The van der Waals surface area contributed by atoms with Crippen LogP contribution >= 0.6 is 0 Å². The third kappa shape index (κ3) is 3.72. The minimum Gasteiger partial charge on any atom is -0.325 e.